The summed E-state index contributed by atoms with van der Waals surface area (Å²) in [7, 11) is 1.48. The molecule has 0 spiro atoms. The van der Waals surface area contributed by atoms with Crippen molar-refractivity contribution < 1.29 is 5.11 Å². The van der Waals surface area contributed by atoms with E-state index in [1.165, 1.54) is 7.05 Å². The van der Waals surface area contributed by atoms with Gasteiger partial charge in [-0.05, 0) is 50.1 Å². The zero-order valence-electron chi connectivity index (χ0n) is 18.3. The van der Waals surface area contributed by atoms with Crippen LogP contribution >= 0.6 is 0 Å². The lowest BCUT2D eigenvalue weighted by Gasteiger charge is -2.16. The Labute approximate surface area is 185 Å². The third-order valence-electron chi connectivity index (χ3n) is 5.88. The number of nitrogens with one attached hydrogen (secondary N) is 2. The zero-order chi connectivity index (χ0) is 22.5. The highest BCUT2D eigenvalue weighted by atomic mass is 16.3. The molecule has 0 bridgehead atoms. The van der Waals surface area contributed by atoms with Crippen LogP contribution in [0.5, 0.6) is 0 Å². The van der Waals surface area contributed by atoms with E-state index in [1.807, 2.05) is 24.3 Å². The van der Waals surface area contributed by atoms with E-state index in [1.54, 1.807) is 4.57 Å². The van der Waals surface area contributed by atoms with E-state index in [0.717, 1.165) is 61.0 Å². The first-order valence-corrected chi connectivity index (χ1v) is 11.1. The van der Waals surface area contributed by atoms with Crippen LogP contribution in [0.15, 0.2) is 33.9 Å². The number of fused-ring (bicyclic) bond motifs is 1. The van der Waals surface area contributed by atoms with Crippen molar-refractivity contribution in [2.45, 2.75) is 38.1 Å². The molecule has 10 nitrogen and oxygen atoms in total. The minimum absolute atomic E-state index is 0.0305. The first-order chi connectivity index (χ1) is 15.6. The maximum atomic E-state index is 12.8. The van der Waals surface area contributed by atoms with Crippen molar-refractivity contribution in [3.8, 4) is 11.4 Å². The minimum Gasteiger partial charge on any atom is -0.395 e. The lowest BCUT2D eigenvalue weighted by Crippen LogP contribution is -2.40. The molecule has 1 aliphatic rings. The summed E-state index contributed by atoms with van der Waals surface area (Å²) in [6, 6.07) is 7.66. The fourth-order valence-corrected chi connectivity index (χ4v) is 4.13. The van der Waals surface area contributed by atoms with Gasteiger partial charge in [-0.3, -0.25) is 13.9 Å². The number of rotatable bonds is 9. The van der Waals surface area contributed by atoms with Gasteiger partial charge in [-0.15, -0.1) is 10.2 Å². The Kier molecular flexibility index (Phi) is 6.91. The summed E-state index contributed by atoms with van der Waals surface area (Å²) in [5.74, 6) is 0.353. The molecule has 0 atom stereocenters. The molecule has 4 rings (SSSR count). The highest BCUT2D eigenvalue weighted by molar-refractivity contribution is 5.71. The highest BCUT2D eigenvalue weighted by Gasteiger charge is 2.24. The van der Waals surface area contributed by atoms with E-state index in [9.17, 15) is 9.59 Å². The van der Waals surface area contributed by atoms with E-state index >= 15 is 0 Å². The van der Waals surface area contributed by atoms with Crippen molar-refractivity contribution in [1.82, 2.24) is 29.6 Å². The molecule has 170 valence electrons. The van der Waals surface area contributed by atoms with Crippen LogP contribution in [0.3, 0.4) is 0 Å². The molecule has 3 aromatic rings. The normalized spacial score (nSPS) is 14.3. The van der Waals surface area contributed by atoms with Crippen LogP contribution in [0.1, 0.15) is 38.1 Å². The Morgan fingerprint density at radius 2 is 1.81 bits per heavy atom. The quantitative estimate of drug-likeness (QED) is 0.422. The summed E-state index contributed by atoms with van der Waals surface area (Å²) in [6.07, 6.45) is 4.83. The van der Waals surface area contributed by atoms with Crippen LogP contribution < -0.4 is 21.9 Å². The summed E-state index contributed by atoms with van der Waals surface area (Å²) in [6.45, 7) is 2.39. The number of nitrogens with zero attached hydrogens (tertiary/aromatic N) is 5. The van der Waals surface area contributed by atoms with Gasteiger partial charge in [-0.2, -0.15) is 0 Å². The highest BCUT2D eigenvalue weighted by Crippen LogP contribution is 2.29. The number of hydrogen-bond acceptors (Lipinski definition) is 8. The van der Waals surface area contributed by atoms with Gasteiger partial charge in [0.15, 0.2) is 17.0 Å². The predicted molar refractivity (Wildman–Crippen MR) is 123 cm³/mol. The number of anilines is 1. The number of hydrogen-bond donors (Lipinski definition) is 3. The second-order valence-corrected chi connectivity index (χ2v) is 8.09. The average Bonchev–Trinajstić information content (AvgIpc) is 3.35. The molecule has 0 unspecified atom stereocenters. The van der Waals surface area contributed by atoms with E-state index in [0.29, 0.717) is 12.4 Å². The molecule has 2 aromatic heterocycles. The van der Waals surface area contributed by atoms with E-state index in [-0.39, 0.29) is 29.5 Å². The lowest BCUT2D eigenvalue weighted by atomic mass is 10.2. The van der Waals surface area contributed by atoms with Gasteiger partial charge in [-0.1, -0.05) is 12.8 Å². The molecule has 0 saturated heterocycles. The van der Waals surface area contributed by atoms with Gasteiger partial charge >= 0.3 is 5.69 Å². The Morgan fingerprint density at radius 1 is 1.06 bits per heavy atom. The average molecular weight is 440 g/mol. The summed E-state index contributed by atoms with van der Waals surface area (Å²) in [4.78, 5) is 30.0. The Morgan fingerprint density at radius 3 is 2.53 bits per heavy atom. The number of benzene rings is 1. The second kappa shape index (κ2) is 10.0. The van der Waals surface area contributed by atoms with Crippen LogP contribution in [0.25, 0.3) is 22.6 Å². The van der Waals surface area contributed by atoms with Gasteiger partial charge in [0.05, 0.1) is 6.61 Å². The SMILES string of the molecule is Cn1c(=O)c2nc(-c3ccc(NCCCNCCO)cc3)nnc2n(C2CCCC2)c1=O. The molecule has 2 heterocycles. The fraction of sp³-hybridized carbons (Fsp3) is 0.500. The summed E-state index contributed by atoms with van der Waals surface area (Å²) in [5.41, 5.74) is 1.33. The van der Waals surface area contributed by atoms with Gasteiger partial charge in [0.2, 0.25) is 0 Å². The van der Waals surface area contributed by atoms with Crippen molar-refractivity contribution in [2.75, 3.05) is 31.6 Å². The number of aliphatic hydroxyl groups excluding tert-OH is 1. The molecule has 1 aromatic carbocycles. The van der Waals surface area contributed by atoms with Gasteiger partial charge in [0.1, 0.15) is 0 Å². The Hall–Kier alpha value is -3.11. The van der Waals surface area contributed by atoms with Crippen LogP contribution in [-0.2, 0) is 7.05 Å². The molecule has 0 aliphatic heterocycles. The minimum atomic E-state index is -0.455. The first kappa shape index (κ1) is 22.1. The van der Waals surface area contributed by atoms with Crippen molar-refractivity contribution in [3.05, 3.63) is 45.1 Å². The molecular weight excluding hydrogens is 410 g/mol. The summed E-state index contributed by atoms with van der Waals surface area (Å²) < 4.78 is 2.71. The third-order valence-corrected chi connectivity index (χ3v) is 5.88. The molecule has 0 radical (unpaired) electrons. The Bertz CT molecular complexity index is 1180. The second-order valence-electron chi connectivity index (χ2n) is 8.09. The molecular formula is C22H29N7O3. The monoisotopic (exact) mass is 439 g/mol. The van der Waals surface area contributed by atoms with Gasteiger partial charge in [-0.25, -0.2) is 9.78 Å². The maximum absolute atomic E-state index is 12.8. The lowest BCUT2D eigenvalue weighted by molar-refractivity contribution is 0.292. The van der Waals surface area contributed by atoms with Crippen molar-refractivity contribution in [2.24, 2.45) is 7.05 Å². The van der Waals surface area contributed by atoms with Crippen molar-refractivity contribution in [3.63, 3.8) is 0 Å². The molecule has 1 saturated carbocycles. The number of aliphatic hydroxyl groups is 1. The fourth-order valence-electron chi connectivity index (χ4n) is 4.13. The first-order valence-electron chi connectivity index (χ1n) is 11.1. The van der Waals surface area contributed by atoms with Gasteiger partial charge in [0, 0.05) is 37.4 Å². The van der Waals surface area contributed by atoms with E-state index in [4.69, 9.17) is 5.11 Å². The van der Waals surface area contributed by atoms with Crippen LogP contribution in [0.4, 0.5) is 5.69 Å². The Balaban J connectivity index is 1.56. The molecule has 1 fully saturated rings. The van der Waals surface area contributed by atoms with Crippen LogP contribution in [0.2, 0.25) is 0 Å². The molecule has 0 amide bonds. The standard InChI is InChI=1S/C22H29N7O3/c1-28-21(31)18-20(29(22(28)32)17-5-2-3-6-17)27-26-19(25-18)15-7-9-16(10-8-15)24-12-4-11-23-13-14-30/h7-10,17,23-24,30H,2-6,11-14H2,1H3. The topological polar surface area (TPSA) is 127 Å². The summed E-state index contributed by atoms with van der Waals surface area (Å²) >= 11 is 0. The number of aromatic nitrogens is 5. The molecule has 3 N–H and O–H groups in total. The van der Waals surface area contributed by atoms with E-state index in [2.05, 4.69) is 25.8 Å². The van der Waals surface area contributed by atoms with Crippen LogP contribution in [-0.4, -0.2) is 55.7 Å². The zero-order valence-corrected chi connectivity index (χ0v) is 18.3. The van der Waals surface area contributed by atoms with Gasteiger partial charge < -0.3 is 15.7 Å². The predicted octanol–water partition coefficient (Wildman–Crippen LogP) is 1.05. The smallest absolute Gasteiger partial charge is 0.332 e. The van der Waals surface area contributed by atoms with Crippen molar-refractivity contribution in [1.29, 1.82) is 0 Å². The molecule has 32 heavy (non-hydrogen) atoms. The summed E-state index contributed by atoms with van der Waals surface area (Å²) in [5, 5.41) is 23.7. The maximum Gasteiger partial charge on any atom is 0.332 e. The van der Waals surface area contributed by atoms with Crippen molar-refractivity contribution >= 4 is 16.9 Å². The largest absolute Gasteiger partial charge is 0.395 e. The van der Waals surface area contributed by atoms with E-state index < -0.39 is 5.56 Å². The van der Waals surface area contributed by atoms with Crippen LogP contribution in [0, 0.1) is 0 Å². The molecule has 10 heteroatoms. The third kappa shape index (κ3) is 4.56. The molecule has 1 aliphatic carbocycles. The van der Waals surface area contributed by atoms with Gasteiger partial charge in [0.25, 0.3) is 5.56 Å².